The largest absolute Gasteiger partial charge is 0.398 e. The van der Waals surface area contributed by atoms with Crippen LogP contribution in [0.4, 0.5) is 5.69 Å². The van der Waals surface area contributed by atoms with Gasteiger partial charge in [0.1, 0.15) is 0 Å². The molecule has 0 fully saturated rings. The fraction of sp³-hybridized carbons (Fsp3) is 0.500. The Kier molecular flexibility index (Phi) is 2.53. The molecule has 0 bridgehead atoms. The van der Waals surface area contributed by atoms with Crippen molar-refractivity contribution in [2.45, 2.75) is 25.6 Å². The predicted octanol–water partition coefficient (Wildman–Crippen LogP) is -0.0787. The molecule has 0 aliphatic carbocycles. The van der Waals surface area contributed by atoms with Crippen LogP contribution in [0.25, 0.3) is 0 Å². The molecule has 1 aromatic rings. The summed E-state index contributed by atoms with van der Waals surface area (Å²) in [4.78, 5) is 11.6. The molecule has 1 aliphatic heterocycles. The molecule has 6 heteroatoms. The van der Waals surface area contributed by atoms with Crippen molar-refractivity contribution in [1.82, 2.24) is 4.57 Å². The van der Waals surface area contributed by atoms with Crippen molar-refractivity contribution in [3.05, 3.63) is 27.7 Å². The number of fused-ring (bicyclic) bond motifs is 1. The molecule has 1 aromatic heterocycles. The predicted molar refractivity (Wildman–Crippen MR) is 62.0 cm³/mol. The minimum atomic E-state index is -3.08. The SMILES string of the molecule is CCn1c2c(c(N)cc1=O)CCS(=O)(=O)C2. The Balaban J connectivity index is 2.73. The van der Waals surface area contributed by atoms with Crippen molar-refractivity contribution in [2.75, 3.05) is 11.5 Å². The molecule has 0 spiro atoms. The third-order valence-electron chi connectivity index (χ3n) is 2.90. The van der Waals surface area contributed by atoms with Crippen LogP contribution in [0, 0.1) is 0 Å². The zero-order valence-electron chi connectivity index (χ0n) is 9.06. The summed E-state index contributed by atoms with van der Waals surface area (Å²) < 4.78 is 24.6. The van der Waals surface area contributed by atoms with Crippen LogP contribution in [0.3, 0.4) is 0 Å². The highest BCUT2D eigenvalue weighted by Crippen LogP contribution is 2.23. The van der Waals surface area contributed by atoms with Gasteiger partial charge in [0, 0.05) is 24.0 Å². The lowest BCUT2D eigenvalue weighted by Crippen LogP contribution is -2.31. The van der Waals surface area contributed by atoms with Gasteiger partial charge in [0.25, 0.3) is 5.56 Å². The summed E-state index contributed by atoms with van der Waals surface area (Å²) in [5, 5.41) is 0. The van der Waals surface area contributed by atoms with Crippen LogP contribution in [-0.4, -0.2) is 18.7 Å². The van der Waals surface area contributed by atoms with Gasteiger partial charge in [-0.25, -0.2) is 8.42 Å². The third kappa shape index (κ3) is 1.73. The minimum absolute atomic E-state index is 0.0730. The summed E-state index contributed by atoms with van der Waals surface area (Å²) in [6.45, 7) is 2.29. The molecular formula is C10H14N2O3S. The zero-order valence-corrected chi connectivity index (χ0v) is 9.88. The monoisotopic (exact) mass is 242 g/mol. The fourth-order valence-corrected chi connectivity index (χ4v) is 3.51. The van der Waals surface area contributed by atoms with E-state index in [2.05, 4.69) is 0 Å². The van der Waals surface area contributed by atoms with Gasteiger partial charge >= 0.3 is 0 Å². The van der Waals surface area contributed by atoms with Gasteiger partial charge in [-0.3, -0.25) is 4.79 Å². The molecule has 16 heavy (non-hydrogen) atoms. The lowest BCUT2D eigenvalue weighted by atomic mass is 10.1. The smallest absolute Gasteiger partial charge is 0.252 e. The first kappa shape index (κ1) is 11.2. The number of nitrogens with two attached hydrogens (primary N) is 1. The van der Waals surface area contributed by atoms with E-state index in [4.69, 9.17) is 5.73 Å². The average Bonchev–Trinajstić information content (AvgIpc) is 2.16. The molecule has 0 saturated heterocycles. The average molecular weight is 242 g/mol. The molecular weight excluding hydrogens is 228 g/mol. The Morgan fingerprint density at radius 2 is 2.19 bits per heavy atom. The third-order valence-corrected chi connectivity index (χ3v) is 4.44. The first-order valence-electron chi connectivity index (χ1n) is 5.16. The number of nitrogens with zero attached hydrogens (tertiary/aromatic N) is 1. The highest BCUT2D eigenvalue weighted by Gasteiger charge is 2.25. The lowest BCUT2D eigenvalue weighted by Gasteiger charge is -2.21. The van der Waals surface area contributed by atoms with Crippen molar-refractivity contribution >= 4 is 15.5 Å². The summed E-state index contributed by atoms with van der Waals surface area (Å²) in [6.07, 6.45) is 0.407. The maximum Gasteiger partial charge on any atom is 0.252 e. The minimum Gasteiger partial charge on any atom is -0.398 e. The van der Waals surface area contributed by atoms with E-state index >= 15 is 0 Å². The topological polar surface area (TPSA) is 82.2 Å². The molecule has 88 valence electrons. The molecule has 0 aromatic carbocycles. The molecule has 1 aliphatic rings. The fourth-order valence-electron chi connectivity index (χ4n) is 2.10. The van der Waals surface area contributed by atoms with E-state index in [1.165, 1.54) is 10.6 Å². The Hall–Kier alpha value is -1.30. The van der Waals surface area contributed by atoms with Crippen molar-refractivity contribution in [3.8, 4) is 0 Å². The maximum absolute atomic E-state index is 11.6. The summed E-state index contributed by atoms with van der Waals surface area (Å²) in [7, 11) is -3.08. The number of rotatable bonds is 1. The number of aromatic nitrogens is 1. The van der Waals surface area contributed by atoms with Crippen LogP contribution < -0.4 is 11.3 Å². The standard InChI is InChI=1S/C10H14N2O3S/c1-2-12-9-6-16(14,15)4-3-7(9)8(11)5-10(12)13/h5H,2-4,6,11H2,1H3. The molecule has 5 nitrogen and oxygen atoms in total. The second kappa shape index (κ2) is 3.62. The van der Waals surface area contributed by atoms with E-state index in [9.17, 15) is 13.2 Å². The first-order valence-corrected chi connectivity index (χ1v) is 6.98. The van der Waals surface area contributed by atoms with E-state index in [-0.39, 0.29) is 17.1 Å². The second-order valence-electron chi connectivity index (χ2n) is 3.95. The van der Waals surface area contributed by atoms with Gasteiger partial charge in [0.15, 0.2) is 9.84 Å². The van der Waals surface area contributed by atoms with Crippen molar-refractivity contribution in [2.24, 2.45) is 0 Å². The van der Waals surface area contributed by atoms with Crippen LogP contribution in [-0.2, 0) is 28.6 Å². The van der Waals surface area contributed by atoms with E-state index < -0.39 is 9.84 Å². The number of nitrogen functional groups attached to an aromatic ring is 1. The number of hydrogen-bond acceptors (Lipinski definition) is 4. The summed E-state index contributed by atoms with van der Waals surface area (Å²) in [5.41, 5.74) is 7.32. The summed E-state index contributed by atoms with van der Waals surface area (Å²) in [6, 6.07) is 1.38. The van der Waals surface area contributed by atoms with Crippen LogP contribution in [0.2, 0.25) is 0 Å². The molecule has 2 heterocycles. The molecule has 0 amide bonds. The quantitative estimate of drug-likeness (QED) is 0.746. The number of sulfone groups is 1. The van der Waals surface area contributed by atoms with E-state index in [1.54, 1.807) is 0 Å². The maximum atomic E-state index is 11.6. The summed E-state index contributed by atoms with van der Waals surface area (Å²) >= 11 is 0. The van der Waals surface area contributed by atoms with Gasteiger partial charge < -0.3 is 10.3 Å². The zero-order chi connectivity index (χ0) is 11.9. The number of anilines is 1. The highest BCUT2D eigenvalue weighted by atomic mass is 32.2. The van der Waals surface area contributed by atoms with Gasteiger partial charge in [0.2, 0.25) is 0 Å². The van der Waals surface area contributed by atoms with Gasteiger partial charge in [0.05, 0.1) is 11.5 Å². The van der Waals surface area contributed by atoms with E-state index in [1.807, 2.05) is 6.92 Å². The van der Waals surface area contributed by atoms with Crippen LogP contribution >= 0.6 is 0 Å². The van der Waals surface area contributed by atoms with Gasteiger partial charge in [-0.15, -0.1) is 0 Å². The van der Waals surface area contributed by atoms with E-state index in [0.717, 1.165) is 5.56 Å². The van der Waals surface area contributed by atoms with Crippen LogP contribution in [0.15, 0.2) is 10.9 Å². The number of hydrogen-bond donors (Lipinski definition) is 1. The molecule has 2 N–H and O–H groups in total. The van der Waals surface area contributed by atoms with Crippen molar-refractivity contribution < 1.29 is 8.42 Å². The van der Waals surface area contributed by atoms with Gasteiger partial charge in [-0.1, -0.05) is 0 Å². The molecule has 2 rings (SSSR count). The normalized spacial score (nSPS) is 18.1. The Bertz CT molecular complexity index is 587. The van der Waals surface area contributed by atoms with Crippen molar-refractivity contribution in [1.29, 1.82) is 0 Å². The van der Waals surface area contributed by atoms with Gasteiger partial charge in [-0.05, 0) is 18.9 Å². The first-order chi connectivity index (χ1) is 7.44. The Labute approximate surface area is 93.8 Å². The van der Waals surface area contributed by atoms with Crippen molar-refractivity contribution in [3.63, 3.8) is 0 Å². The number of pyridine rings is 1. The Morgan fingerprint density at radius 3 is 2.81 bits per heavy atom. The second-order valence-corrected chi connectivity index (χ2v) is 6.13. The lowest BCUT2D eigenvalue weighted by molar-refractivity contribution is 0.583. The Morgan fingerprint density at radius 1 is 1.50 bits per heavy atom. The molecule has 0 radical (unpaired) electrons. The highest BCUT2D eigenvalue weighted by molar-refractivity contribution is 7.90. The van der Waals surface area contributed by atoms with Crippen LogP contribution in [0.1, 0.15) is 18.2 Å². The molecule has 0 unspecified atom stereocenters. The van der Waals surface area contributed by atoms with Crippen LogP contribution in [0.5, 0.6) is 0 Å². The molecule has 0 atom stereocenters. The van der Waals surface area contributed by atoms with Gasteiger partial charge in [-0.2, -0.15) is 0 Å². The molecule has 0 saturated carbocycles. The summed E-state index contributed by atoms with van der Waals surface area (Å²) in [5.74, 6) is 0.0442. The van der Waals surface area contributed by atoms with E-state index in [0.29, 0.717) is 24.3 Å².